The number of unbranched alkanes of at least 4 members (excludes halogenated alkanes) is 1. The summed E-state index contributed by atoms with van der Waals surface area (Å²) in [6.07, 6.45) is 2.04. The van der Waals surface area contributed by atoms with E-state index in [1.165, 1.54) is 4.90 Å². The number of hydrogen-bond donors (Lipinski definition) is 1. The van der Waals surface area contributed by atoms with Gasteiger partial charge in [-0.05, 0) is 86.3 Å². The Morgan fingerprint density at radius 2 is 1.62 bits per heavy atom. The molecule has 0 fully saturated rings. The number of halogens is 1. The van der Waals surface area contributed by atoms with Gasteiger partial charge in [0.15, 0.2) is 0 Å². The van der Waals surface area contributed by atoms with Crippen molar-refractivity contribution in [3.8, 4) is 5.75 Å². The first-order valence-corrected chi connectivity index (χ1v) is 15.7. The number of anilines is 1. The van der Waals surface area contributed by atoms with Gasteiger partial charge in [0.25, 0.3) is 10.0 Å². The van der Waals surface area contributed by atoms with Gasteiger partial charge in [0.05, 0.1) is 17.2 Å². The van der Waals surface area contributed by atoms with Gasteiger partial charge >= 0.3 is 0 Å². The summed E-state index contributed by atoms with van der Waals surface area (Å²) < 4.78 is 48.0. The molecule has 0 aliphatic rings. The number of carbonyl (C=O) groups excluding carboxylic acids is 2. The van der Waals surface area contributed by atoms with Gasteiger partial charge in [-0.15, -0.1) is 0 Å². The summed E-state index contributed by atoms with van der Waals surface area (Å²) in [5.41, 5.74) is 2.02. The fraction of sp³-hybridized carbons (Fsp3) is 0.375. The standard InChI is InChI=1S/C32H40FN3O5S/c1-5-8-21-34-32(38)30(6-2)35(22-25-12-10-9-11-24(25)4)31(37)23-36(27-15-17-28(18-16-27)41-7-3)42(39,40)29-19-13-26(33)14-20-29/h9-20,30H,5-8,21-23H2,1-4H3,(H,34,38)/t30-/m0/s1. The van der Waals surface area contributed by atoms with Crippen LogP contribution >= 0.6 is 0 Å². The maximum atomic E-state index is 14.1. The SMILES string of the molecule is CCCCNC(=O)[C@H](CC)N(Cc1ccccc1C)C(=O)CN(c1ccc(OCC)cc1)S(=O)(=O)c1ccc(F)cc1. The topological polar surface area (TPSA) is 96.0 Å². The van der Waals surface area contributed by atoms with Crippen LogP contribution < -0.4 is 14.4 Å². The van der Waals surface area contributed by atoms with E-state index in [4.69, 9.17) is 4.74 Å². The van der Waals surface area contributed by atoms with Crippen LogP contribution in [-0.4, -0.2) is 50.9 Å². The molecule has 0 saturated heterocycles. The third-order valence-corrected chi connectivity index (χ3v) is 8.72. The van der Waals surface area contributed by atoms with Gasteiger partial charge in [-0.3, -0.25) is 13.9 Å². The Labute approximate surface area is 248 Å². The molecule has 0 saturated carbocycles. The molecule has 0 aromatic heterocycles. The molecule has 10 heteroatoms. The zero-order chi connectivity index (χ0) is 30.7. The van der Waals surface area contributed by atoms with Crippen LogP contribution in [0.3, 0.4) is 0 Å². The minimum Gasteiger partial charge on any atom is -0.494 e. The van der Waals surface area contributed by atoms with Gasteiger partial charge in [-0.2, -0.15) is 0 Å². The predicted molar refractivity (Wildman–Crippen MR) is 162 cm³/mol. The number of nitrogens with zero attached hydrogens (tertiary/aromatic N) is 2. The van der Waals surface area contributed by atoms with Gasteiger partial charge in [-0.25, -0.2) is 12.8 Å². The van der Waals surface area contributed by atoms with E-state index >= 15 is 0 Å². The first kappa shape index (κ1) is 32.6. The molecule has 8 nitrogen and oxygen atoms in total. The monoisotopic (exact) mass is 597 g/mol. The number of amides is 2. The minimum atomic E-state index is -4.30. The summed E-state index contributed by atoms with van der Waals surface area (Å²) in [7, 11) is -4.30. The Morgan fingerprint density at radius 1 is 0.952 bits per heavy atom. The largest absolute Gasteiger partial charge is 0.494 e. The molecule has 3 aromatic rings. The highest BCUT2D eigenvalue weighted by Crippen LogP contribution is 2.27. The summed E-state index contributed by atoms with van der Waals surface area (Å²) >= 11 is 0. The van der Waals surface area contributed by atoms with E-state index in [1.54, 1.807) is 24.3 Å². The molecule has 0 aliphatic carbocycles. The van der Waals surface area contributed by atoms with Crippen LogP contribution in [0, 0.1) is 12.7 Å². The van der Waals surface area contributed by atoms with Crippen molar-refractivity contribution in [3.05, 3.63) is 89.7 Å². The minimum absolute atomic E-state index is 0.124. The average molecular weight is 598 g/mol. The highest BCUT2D eigenvalue weighted by Gasteiger charge is 2.33. The zero-order valence-corrected chi connectivity index (χ0v) is 25.5. The first-order chi connectivity index (χ1) is 20.1. The van der Waals surface area contributed by atoms with E-state index in [9.17, 15) is 22.4 Å². The molecule has 0 heterocycles. The van der Waals surface area contributed by atoms with Crippen LogP contribution in [0.15, 0.2) is 77.7 Å². The summed E-state index contributed by atoms with van der Waals surface area (Å²) in [6, 6.07) is 17.5. The van der Waals surface area contributed by atoms with Gasteiger partial charge < -0.3 is 15.0 Å². The smallest absolute Gasteiger partial charge is 0.264 e. The lowest BCUT2D eigenvalue weighted by atomic mass is 10.1. The molecule has 226 valence electrons. The number of benzene rings is 3. The summed E-state index contributed by atoms with van der Waals surface area (Å²) in [5.74, 6) is -0.873. The van der Waals surface area contributed by atoms with Crippen LogP contribution in [0.1, 0.15) is 51.2 Å². The van der Waals surface area contributed by atoms with E-state index in [1.807, 2.05) is 52.0 Å². The van der Waals surface area contributed by atoms with Crippen molar-refractivity contribution in [1.82, 2.24) is 10.2 Å². The Kier molecular flexibility index (Phi) is 11.9. The number of sulfonamides is 1. The quantitative estimate of drug-likeness (QED) is 0.235. The Bertz CT molecular complexity index is 1430. The van der Waals surface area contributed by atoms with Gasteiger partial charge in [-0.1, -0.05) is 44.5 Å². The lowest BCUT2D eigenvalue weighted by molar-refractivity contribution is -0.140. The molecule has 2 amide bonds. The van der Waals surface area contributed by atoms with Crippen molar-refractivity contribution >= 4 is 27.5 Å². The van der Waals surface area contributed by atoms with Crippen molar-refractivity contribution in [2.24, 2.45) is 0 Å². The highest BCUT2D eigenvalue weighted by molar-refractivity contribution is 7.92. The van der Waals surface area contributed by atoms with E-state index in [0.717, 1.165) is 52.5 Å². The number of carbonyl (C=O) groups is 2. The maximum Gasteiger partial charge on any atom is 0.264 e. The van der Waals surface area contributed by atoms with E-state index in [2.05, 4.69) is 5.32 Å². The third-order valence-electron chi connectivity index (χ3n) is 6.93. The summed E-state index contributed by atoms with van der Waals surface area (Å²) in [4.78, 5) is 28.7. The fourth-order valence-electron chi connectivity index (χ4n) is 4.53. The molecule has 0 spiro atoms. The molecule has 0 aliphatic heterocycles. The van der Waals surface area contributed by atoms with Gasteiger partial charge in [0.1, 0.15) is 24.2 Å². The Hall–Kier alpha value is -3.92. The number of hydrogen-bond acceptors (Lipinski definition) is 5. The maximum absolute atomic E-state index is 14.1. The third kappa shape index (κ3) is 8.31. The van der Waals surface area contributed by atoms with Crippen LogP contribution in [0.25, 0.3) is 0 Å². The summed E-state index contributed by atoms with van der Waals surface area (Å²) in [5, 5.41) is 2.92. The first-order valence-electron chi connectivity index (χ1n) is 14.2. The molecule has 1 atom stereocenters. The number of ether oxygens (including phenoxy) is 1. The van der Waals surface area contributed by atoms with E-state index < -0.39 is 34.3 Å². The van der Waals surface area contributed by atoms with Crippen molar-refractivity contribution in [3.63, 3.8) is 0 Å². The average Bonchev–Trinajstić information content (AvgIpc) is 2.97. The second-order valence-corrected chi connectivity index (χ2v) is 11.8. The number of aryl methyl sites for hydroxylation is 1. The number of rotatable bonds is 15. The molecule has 1 N–H and O–H groups in total. The lowest BCUT2D eigenvalue weighted by Crippen LogP contribution is -2.52. The van der Waals surface area contributed by atoms with Crippen LogP contribution in [-0.2, 0) is 26.2 Å². The van der Waals surface area contributed by atoms with Crippen LogP contribution in [0.4, 0.5) is 10.1 Å². The van der Waals surface area contributed by atoms with Gasteiger partial charge in [0, 0.05) is 13.1 Å². The Morgan fingerprint density at radius 3 is 2.21 bits per heavy atom. The fourth-order valence-corrected chi connectivity index (χ4v) is 5.95. The van der Waals surface area contributed by atoms with Crippen molar-refractivity contribution in [1.29, 1.82) is 0 Å². The molecule has 3 aromatic carbocycles. The molecule has 42 heavy (non-hydrogen) atoms. The van der Waals surface area contributed by atoms with E-state index in [0.29, 0.717) is 25.3 Å². The zero-order valence-electron chi connectivity index (χ0n) is 24.7. The molecular weight excluding hydrogens is 557 g/mol. The second kappa shape index (κ2) is 15.3. The second-order valence-electron chi connectivity index (χ2n) is 9.91. The van der Waals surface area contributed by atoms with Gasteiger partial charge in [0.2, 0.25) is 11.8 Å². The molecule has 0 unspecified atom stereocenters. The molecule has 3 rings (SSSR count). The molecular formula is C32H40FN3O5S. The van der Waals surface area contributed by atoms with E-state index in [-0.39, 0.29) is 23.0 Å². The summed E-state index contributed by atoms with van der Waals surface area (Å²) in [6.45, 7) is 8.07. The lowest BCUT2D eigenvalue weighted by Gasteiger charge is -2.33. The Balaban J connectivity index is 2.05. The van der Waals surface area contributed by atoms with Crippen molar-refractivity contribution in [2.45, 2.75) is 64.4 Å². The highest BCUT2D eigenvalue weighted by atomic mass is 32.2. The van der Waals surface area contributed by atoms with Crippen LogP contribution in [0.2, 0.25) is 0 Å². The normalized spacial score (nSPS) is 11.9. The molecule has 0 bridgehead atoms. The van der Waals surface area contributed by atoms with Crippen molar-refractivity contribution in [2.75, 3.05) is 24.0 Å². The van der Waals surface area contributed by atoms with Crippen molar-refractivity contribution < 1.29 is 27.1 Å². The molecule has 0 radical (unpaired) electrons. The van der Waals surface area contributed by atoms with Crippen LogP contribution in [0.5, 0.6) is 5.75 Å². The predicted octanol–water partition coefficient (Wildman–Crippen LogP) is 5.45. The number of nitrogens with one attached hydrogen (secondary N) is 1.